The third-order valence-electron chi connectivity index (χ3n) is 3.89. The molecule has 3 rings (SSSR count). The van der Waals surface area contributed by atoms with Crippen molar-refractivity contribution in [1.29, 1.82) is 0 Å². The van der Waals surface area contributed by atoms with Gasteiger partial charge in [0.05, 0.1) is 38.2 Å². The fraction of sp³-hybridized carbons (Fsp3) is 0.692. The van der Waals surface area contributed by atoms with E-state index in [0.29, 0.717) is 44.4 Å². The second-order valence-corrected chi connectivity index (χ2v) is 7.36. The number of rotatable bonds is 3. The zero-order valence-electron chi connectivity index (χ0n) is 12.9. The SMILES string of the molecule is Cc1nc(C2COCCN2S(=O)(=O)N2CCOCC2)cc(=O)[nH]1. The number of nitrogens with zero attached hydrogens (tertiary/aromatic N) is 3. The standard InChI is InChI=1S/C13H20N4O5S/c1-10-14-11(8-13(18)15-10)12-9-22-7-4-17(12)23(19,20)16-2-5-21-6-3-16/h8,12H,2-7,9H2,1H3,(H,14,15,18). The molecular weight excluding hydrogens is 324 g/mol. The van der Waals surface area contributed by atoms with Gasteiger partial charge < -0.3 is 14.5 Å². The summed E-state index contributed by atoms with van der Waals surface area (Å²) in [6.07, 6.45) is 0. The number of morpholine rings is 2. The van der Waals surface area contributed by atoms with Crippen LogP contribution in [-0.4, -0.2) is 73.1 Å². The normalized spacial score (nSPS) is 24.7. The smallest absolute Gasteiger partial charge is 0.282 e. The Balaban J connectivity index is 1.93. The minimum absolute atomic E-state index is 0.180. The van der Waals surface area contributed by atoms with Gasteiger partial charge in [0.15, 0.2) is 0 Å². The van der Waals surface area contributed by atoms with E-state index in [2.05, 4.69) is 9.97 Å². The summed E-state index contributed by atoms with van der Waals surface area (Å²) in [5, 5.41) is 0. The molecule has 3 heterocycles. The predicted octanol–water partition coefficient (Wildman–Crippen LogP) is -0.971. The molecule has 1 unspecified atom stereocenters. The summed E-state index contributed by atoms with van der Waals surface area (Å²) in [6, 6.07) is 0.728. The predicted molar refractivity (Wildman–Crippen MR) is 81.2 cm³/mol. The maximum Gasteiger partial charge on any atom is 0.282 e. The fourth-order valence-corrected chi connectivity index (χ4v) is 4.50. The summed E-state index contributed by atoms with van der Waals surface area (Å²) in [5.74, 6) is 0.446. The van der Waals surface area contributed by atoms with Gasteiger partial charge in [-0.2, -0.15) is 17.0 Å². The number of aromatic amines is 1. The number of aryl methyl sites for hydroxylation is 1. The summed E-state index contributed by atoms with van der Waals surface area (Å²) >= 11 is 0. The first kappa shape index (κ1) is 16.5. The van der Waals surface area contributed by atoms with E-state index in [1.54, 1.807) is 6.92 Å². The van der Waals surface area contributed by atoms with Crippen molar-refractivity contribution in [3.63, 3.8) is 0 Å². The van der Waals surface area contributed by atoms with Crippen LogP contribution in [0.2, 0.25) is 0 Å². The maximum absolute atomic E-state index is 12.9. The van der Waals surface area contributed by atoms with E-state index in [1.807, 2.05) is 0 Å². The number of hydrogen-bond acceptors (Lipinski definition) is 6. The molecule has 23 heavy (non-hydrogen) atoms. The van der Waals surface area contributed by atoms with Crippen molar-refractivity contribution in [2.75, 3.05) is 46.1 Å². The summed E-state index contributed by atoms with van der Waals surface area (Å²) < 4.78 is 39.3. The summed E-state index contributed by atoms with van der Waals surface area (Å²) in [4.78, 5) is 18.5. The van der Waals surface area contributed by atoms with Crippen LogP contribution in [0.5, 0.6) is 0 Å². The van der Waals surface area contributed by atoms with Crippen LogP contribution in [0.25, 0.3) is 0 Å². The Labute approximate surface area is 134 Å². The van der Waals surface area contributed by atoms with Crippen LogP contribution in [0.1, 0.15) is 17.6 Å². The van der Waals surface area contributed by atoms with Gasteiger partial charge in [-0.1, -0.05) is 0 Å². The molecule has 0 spiro atoms. The molecule has 0 aromatic carbocycles. The highest BCUT2D eigenvalue weighted by Gasteiger charge is 2.39. The zero-order valence-corrected chi connectivity index (χ0v) is 13.7. The molecule has 1 aromatic heterocycles. The second kappa shape index (κ2) is 6.65. The van der Waals surface area contributed by atoms with Crippen LogP contribution in [0, 0.1) is 6.92 Å². The number of hydrogen-bond donors (Lipinski definition) is 1. The molecule has 0 bridgehead atoms. The first-order valence-corrected chi connectivity index (χ1v) is 8.88. The van der Waals surface area contributed by atoms with Gasteiger partial charge in [0, 0.05) is 25.7 Å². The number of aromatic nitrogens is 2. The molecule has 128 valence electrons. The van der Waals surface area contributed by atoms with Gasteiger partial charge in [-0.3, -0.25) is 4.79 Å². The Hall–Kier alpha value is -1.33. The van der Waals surface area contributed by atoms with E-state index in [9.17, 15) is 13.2 Å². The van der Waals surface area contributed by atoms with Gasteiger partial charge in [-0.25, -0.2) is 4.98 Å². The summed E-state index contributed by atoms with van der Waals surface area (Å²) in [5.41, 5.74) is 0.101. The second-order valence-electron chi connectivity index (χ2n) is 5.48. The Morgan fingerprint density at radius 1 is 1.22 bits per heavy atom. The summed E-state index contributed by atoms with van der Waals surface area (Å²) in [7, 11) is -3.65. The van der Waals surface area contributed by atoms with E-state index in [0.717, 1.165) is 0 Å². The fourth-order valence-electron chi connectivity index (χ4n) is 2.80. The average molecular weight is 344 g/mol. The van der Waals surface area contributed by atoms with Crippen LogP contribution in [-0.2, 0) is 19.7 Å². The van der Waals surface area contributed by atoms with Crippen molar-refractivity contribution in [1.82, 2.24) is 18.6 Å². The molecule has 1 N–H and O–H groups in total. The lowest BCUT2D eigenvalue weighted by atomic mass is 10.2. The van der Waals surface area contributed by atoms with Crippen molar-refractivity contribution in [3.8, 4) is 0 Å². The van der Waals surface area contributed by atoms with Gasteiger partial charge in [-0.15, -0.1) is 0 Å². The molecule has 1 atom stereocenters. The van der Waals surface area contributed by atoms with Gasteiger partial charge >= 0.3 is 0 Å². The van der Waals surface area contributed by atoms with E-state index in [4.69, 9.17) is 9.47 Å². The van der Waals surface area contributed by atoms with Crippen molar-refractivity contribution >= 4 is 10.2 Å². The Morgan fingerprint density at radius 2 is 1.91 bits per heavy atom. The van der Waals surface area contributed by atoms with Crippen molar-refractivity contribution in [2.24, 2.45) is 0 Å². The Bertz CT molecular complexity index is 713. The highest BCUT2D eigenvalue weighted by atomic mass is 32.2. The van der Waals surface area contributed by atoms with E-state index in [-0.39, 0.29) is 18.7 Å². The minimum Gasteiger partial charge on any atom is -0.379 e. The monoisotopic (exact) mass is 344 g/mol. The largest absolute Gasteiger partial charge is 0.379 e. The molecule has 1 aromatic rings. The topological polar surface area (TPSA) is 105 Å². The Morgan fingerprint density at radius 3 is 2.61 bits per heavy atom. The van der Waals surface area contributed by atoms with Gasteiger partial charge in [0.1, 0.15) is 5.82 Å². The number of H-pyrrole nitrogens is 1. The van der Waals surface area contributed by atoms with Crippen LogP contribution in [0.3, 0.4) is 0 Å². The van der Waals surface area contributed by atoms with Crippen LogP contribution in [0.15, 0.2) is 10.9 Å². The number of ether oxygens (including phenoxy) is 2. The third kappa shape index (κ3) is 3.45. The number of nitrogens with one attached hydrogen (secondary N) is 1. The van der Waals surface area contributed by atoms with Gasteiger partial charge in [-0.05, 0) is 6.92 Å². The molecule has 2 aliphatic rings. The van der Waals surface area contributed by atoms with E-state index < -0.39 is 16.3 Å². The zero-order chi connectivity index (χ0) is 16.4. The lowest BCUT2D eigenvalue weighted by molar-refractivity contribution is 0.0223. The average Bonchev–Trinajstić information content (AvgIpc) is 2.55. The van der Waals surface area contributed by atoms with Gasteiger partial charge in [0.25, 0.3) is 15.8 Å². The van der Waals surface area contributed by atoms with Crippen molar-refractivity contribution in [3.05, 3.63) is 27.9 Å². The highest BCUT2D eigenvalue weighted by molar-refractivity contribution is 7.86. The lowest BCUT2D eigenvalue weighted by Gasteiger charge is -2.38. The highest BCUT2D eigenvalue weighted by Crippen LogP contribution is 2.27. The molecule has 2 fully saturated rings. The van der Waals surface area contributed by atoms with E-state index >= 15 is 0 Å². The van der Waals surface area contributed by atoms with Crippen molar-refractivity contribution < 1.29 is 17.9 Å². The Kier molecular flexibility index (Phi) is 4.78. The molecule has 0 amide bonds. The molecule has 10 heteroatoms. The molecule has 2 aliphatic heterocycles. The molecule has 9 nitrogen and oxygen atoms in total. The minimum atomic E-state index is -3.65. The molecular formula is C13H20N4O5S. The third-order valence-corrected chi connectivity index (χ3v) is 5.94. The quantitative estimate of drug-likeness (QED) is 0.756. The molecule has 0 aliphatic carbocycles. The first-order valence-electron chi connectivity index (χ1n) is 7.49. The molecule has 2 saturated heterocycles. The van der Waals surface area contributed by atoms with Gasteiger partial charge in [0.2, 0.25) is 0 Å². The van der Waals surface area contributed by atoms with Crippen molar-refractivity contribution in [2.45, 2.75) is 13.0 Å². The van der Waals surface area contributed by atoms with E-state index in [1.165, 1.54) is 14.7 Å². The van der Waals surface area contributed by atoms with Crippen LogP contribution in [0.4, 0.5) is 0 Å². The molecule has 0 radical (unpaired) electrons. The first-order chi connectivity index (χ1) is 11.0. The maximum atomic E-state index is 12.9. The van der Waals surface area contributed by atoms with Crippen LogP contribution < -0.4 is 5.56 Å². The summed E-state index contributed by atoms with van der Waals surface area (Å²) in [6.45, 7) is 3.82. The van der Waals surface area contributed by atoms with Crippen LogP contribution >= 0.6 is 0 Å². The lowest BCUT2D eigenvalue weighted by Crippen LogP contribution is -2.53. The molecule has 0 saturated carbocycles.